The average Bonchev–Trinajstić information content (AvgIpc) is 3.87. The fourth-order valence-corrected chi connectivity index (χ4v) is 8.02. The van der Waals surface area contributed by atoms with Crippen molar-refractivity contribution in [1.82, 2.24) is 24.8 Å². The first-order valence-electron chi connectivity index (χ1n) is 20.8. The number of aliphatic hydroxyl groups is 2. The van der Waals surface area contributed by atoms with Crippen molar-refractivity contribution in [2.75, 3.05) is 19.6 Å². The molecule has 2 amide bonds. The predicted octanol–water partition coefficient (Wildman–Crippen LogP) is 6.48. The zero-order valence-corrected chi connectivity index (χ0v) is 36.6. The van der Waals surface area contributed by atoms with E-state index in [0.717, 1.165) is 29.7 Å². The smallest absolute Gasteiger partial charge is 0.410 e. The van der Waals surface area contributed by atoms with E-state index in [1.165, 1.54) is 11.1 Å². The SMILES string of the molecule is C#Cc1cccc(C)c1.CC[C@@H](O)[C@@]1(C)OC(=O)N(CCCCN=[N+]=[N-])[C@@H]1[C@@H](C)N.CC[C@@H](O)[C@@]1(C)OC(=O)N(CCCCn2cc(-c3cccc(C)c3)nn2)[C@@H]1[C@@H](C)N. The summed E-state index contributed by atoms with van der Waals surface area (Å²) in [7, 11) is 0. The number of cyclic esters (lactones) is 2. The number of aromatic nitrogens is 3. The highest BCUT2D eigenvalue weighted by Crippen LogP contribution is 2.37. The van der Waals surface area contributed by atoms with Crippen LogP contribution in [0.2, 0.25) is 0 Å². The number of rotatable bonds is 17. The Morgan fingerprint density at radius 1 is 0.867 bits per heavy atom. The summed E-state index contributed by atoms with van der Waals surface area (Å²) in [6.07, 6.45) is 8.71. The predicted molar refractivity (Wildman–Crippen MR) is 232 cm³/mol. The number of benzene rings is 2. The van der Waals surface area contributed by atoms with Crippen molar-refractivity contribution >= 4 is 12.2 Å². The Hall–Kier alpha value is -5.17. The Balaban J connectivity index is 0.000000276. The molecule has 1 aromatic heterocycles. The molecule has 0 spiro atoms. The summed E-state index contributed by atoms with van der Waals surface area (Å²) in [5, 5.41) is 32.6. The summed E-state index contributed by atoms with van der Waals surface area (Å²) >= 11 is 0. The van der Waals surface area contributed by atoms with E-state index in [4.69, 9.17) is 32.9 Å². The molecular weight excluding hydrogens is 765 g/mol. The molecule has 2 saturated heterocycles. The summed E-state index contributed by atoms with van der Waals surface area (Å²) in [6, 6.07) is 14.7. The molecule has 3 aromatic rings. The first-order valence-corrected chi connectivity index (χ1v) is 20.8. The number of aryl methyl sites for hydroxylation is 3. The molecule has 2 aromatic carbocycles. The van der Waals surface area contributed by atoms with E-state index in [0.29, 0.717) is 51.9 Å². The van der Waals surface area contributed by atoms with Gasteiger partial charge in [-0.3, -0.25) is 14.5 Å². The number of terminal acetylenes is 1. The van der Waals surface area contributed by atoms with Gasteiger partial charge in [0.15, 0.2) is 11.2 Å². The monoisotopic (exact) mass is 831 g/mol. The number of ether oxygens (including phenoxy) is 2. The second-order valence-electron chi connectivity index (χ2n) is 16.1. The Morgan fingerprint density at radius 3 is 1.82 bits per heavy atom. The Labute approximate surface area is 355 Å². The maximum atomic E-state index is 12.5. The van der Waals surface area contributed by atoms with Gasteiger partial charge < -0.3 is 31.2 Å². The normalized spacial score (nSPS) is 22.8. The molecule has 0 radical (unpaired) electrons. The van der Waals surface area contributed by atoms with E-state index >= 15 is 0 Å². The number of carbonyl (C=O) groups excluding carboxylic acids is 2. The minimum Gasteiger partial charge on any atom is -0.438 e. The highest BCUT2D eigenvalue weighted by Gasteiger charge is 2.56. The van der Waals surface area contributed by atoms with Crippen LogP contribution >= 0.6 is 0 Å². The van der Waals surface area contributed by atoms with Crippen molar-refractivity contribution in [3.63, 3.8) is 0 Å². The Morgan fingerprint density at radius 2 is 1.37 bits per heavy atom. The molecule has 3 heterocycles. The highest BCUT2D eigenvalue weighted by molar-refractivity contribution is 5.72. The highest BCUT2D eigenvalue weighted by atomic mass is 16.6. The minimum absolute atomic E-state index is 0.310. The van der Waals surface area contributed by atoms with Crippen LogP contribution in [0, 0.1) is 26.2 Å². The topological polar surface area (TPSA) is 231 Å². The van der Waals surface area contributed by atoms with Crippen LogP contribution in [0.5, 0.6) is 0 Å². The van der Waals surface area contributed by atoms with Crippen LogP contribution in [0.3, 0.4) is 0 Å². The van der Waals surface area contributed by atoms with Gasteiger partial charge in [-0.1, -0.05) is 66.0 Å². The lowest BCUT2D eigenvalue weighted by molar-refractivity contribution is -0.0646. The van der Waals surface area contributed by atoms with Gasteiger partial charge in [-0.2, -0.15) is 0 Å². The van der Waals surface area contributed by atoms with Crippen LogP contribution < -0.4 is 11.5 Å². The molecule has 60 heavy (non-hydrogen) atoms. The second kappa shape index (κ2) is 23.0. The summed E-state index contributed by atoms with van der Waals surface area (Å²) in [6.45, 7) is 17.0. The molecule has 2 fully saturated rings. The van der Waals surface area contributed by atoms with Gasteiger partial charge in [0.25, 0.3) is 0 Å². The zero-order valence-electron chi connectivity index (χ0n) is 36.6. The van der Waals surface area contributed by atoms with E-state index in [-0.39, 0.29) is 24.2 Å². The third kappa shape index (κ3) is 12.7. The lowest BCUT2D eigenvalue weighted by Gasteiger charge is -2.37. The van der Waals surface area contributed by atoms with E-state index in [1.807, 2.05) is 75.0 Å². The van der Waals surface area contributed by atoms with Crippen LogP contribution in [0.1, 0.15) is 96.8 Å². The van der Waals surface area contributed by atoms with Crippen molar-refractivity contribution in [3.8, 4) is 23.6 Å². The molecule has 0 aliphatic carbocycles. The van der Waals surface area contributed by atoms with Gasteiger partial charge in [0.05, 0.1) is 30.5 Å². The first-order chi connectivity index (χ1) is 28.5. The molecule has 5 rings (SSSR count). The molecule has 16 heteroatoms. The standard InChI is InChI=1S/C22H33N5O3.C13H25N5O3.C9H8/c1-5-19(28)22(4)20(16(3)23)27(21(29)30-22)12-7-6-11-26-14-18(24-25-26)17-10-8-9-15(2)13-17;1-4-10(19)13(3)11(9(2)14)18(12(20)21-13)8-6-5-7-16-17-15;1-3-9-6-4-5-8(2)7-9/h8-10,13-14,16,19-20,28H,5-7,11-12,23H2,1-4H3;9-11,19H,4-8,14H2,1-3H3;1,4-7H,2H3/t16-,19-,20-,22-;9-,10-,11-,13-;/m11./s1. The maximum absolute atomic E-state index is 12.5. The number of nitrogens with two attached hydrogens (primary N) is 2. The fourth-order valence-electron chi connectivity index (χ4n) is 8.02. The molecular formula is C44H66N10O6. The van der Waals surface area contributed by atoms with Crippen LogP contribution in [0.25, 0.3) is 21.7 Å². The molecule has 16 nitrogen and oxygen atoms in total. The number of nitrogens with zero attached hydrogens (tertiary/aromatic N) is 8. The van der Waals surface area contributed by atoms with E-state index in [1.54, 1.807) is 30.6 Å². The van der Waals surface area contributed by atoms with Gasteiger partial charge in [-0.15, -0.1) is 11.5 Å². The zero-order chi connectivity index (χ0) is 44.6. The third-order valence-electron chi connectivity index (χ3n) is 11.1. The fraction of sp³-hybridized carbons (Fsp3) is 0.591. The minimum atomic E-state index is -0.995. The van der Waals surface area contributed by atoms with Crippen molar-refractivity contribution in [2.24, 2.45) is 16.6 Å². The first kappa shape index (κ1) is 49.2. The number of amides is 2. The molecule has 328 valence electrons. The van der Waals surface area contributed by atoms with Crippen molar-refractivity contribution in [1.29, 1.82) is 0 Å². The largest absolute Gasteiger partial charge is 0.438 e. The number of hydrogen-bond donors (Lipinski definition) is 4. The van der Waals surface area contributed by atoms with Gasteiger partial charge in [-0.05, 0) is 109 Å². The summed E-state index contributed by atoms with van der Waals surface area (Å²) < 4.78 is 12.9. The van der Waals surface area contributed by atoms with Crippen molar-refractivity contribution in [3.05, 3.63) is 81.9 Å². The van der Waals surface area contributed by atoms with Crippen LogP contribution in [-0.2, 0) is 16.0 Å². The summed E-state index contributed by atoms with van der Waals surface area (Å²) in [5.74, 6) is 2.57. The Bertz CT molecular complexity index is 1930. The molecule has 2 aliphatic heterocycles. The maximum Gasteiger partial charge on any atom is 0.410 e. The average molecular weight is 831 g/mol. The van der Waals surface area contributed by atoms with Crippen LogP contribution in [0.4, 0.5) is 9.59 Å². The lowest BCUT2D eigenvalue weighted by Crippen LogP contribution is -2.58. The van der Waals surface area contributed by atoms with Crippen LogP contribution in [0.15, 0.2) is 59.8 Å². The lowest BCUT2D eigenvalue weighted by atomic mass is 9.85. The van der Waals surface area contributed by atoms with Crippen molar-refractivity contribution in [2.45, 2.75) is 148 Å². The van der Waals surface area contributed by atoms with E-state index in [9.17, 15) is 19.8 Å². The molecule has 0 unspecified atom stereocenters. The van der Waals surface area contributed by atoms with Gasteiger partial charge in [0.1, 0.15) is 5.69 Å². The van der Waals surface area contributed by atoms with E-state index in [2.05, 4.69) is 45.3 Å². The van der Waals surface area contributed by atoms with Gasteiger partial charge in [-0.25, -0.2) is 9.59 Å². The molecule has 8 atom stereocenters. The van der Waals surface area contributed by atoms with Crippen molar-refractivity contribution < 1.29 is 29.3 Å². The third-order valence-corrected chi connectivity index (χ3v) is 11.1. The number of azide groups is 1. The number of unbranched alkanes of at least 4 members (excludes halogenated alkanes) is 2. The van der Waals surface area contributed by atoms with Gasteiger partial charge in [0.2, 0.25) is 0 Å². The quantitative estimate of drug-likeness (QED) is 0.0380. The van der Waals surface area contributed by atoms with Gasteiger partial charge >= 0.3 is 12.2 Å². The van der Waals surface area contributed by atoms with Gasteiger partial charge in [0, 0.05) is 54.3 Å². The van der Waals surface area contributed by atoms with E-state index < -0.39 is 35.6 Å². The molecule has 0 bridgehead atoms. The summed E-state index contributed by atoms with van der Waals surface area (Å²) in [5.41, 5.74) is 23.7. The number of hydrogen-bond acceptors (Lipinski definition) is 11. The molecule has 6 N–H and O–H groups in total. The molecule has 2 aliphatic rings. The van der Waals surface area contributed by atoms with Crippen LogP contribution in [-0.4, -0.2) is 114 Å². The summed E-state index contributed by atoms with van der Waals surface area (Å²) in [4.78, 5) is 30.5. The number of aliphatic hydroxyl groups excluding tert-OH is 2. The molecule has 0 saturated carbocycles. The number of carbonyl (C=O) groups is 2. The second-order valence-corrected chi connectivity index (χ2v) is 16.1. The Kier molecular flexibility index (Phi) is 18.9.